The molecule has 31 heavy (non-hydrogen) atoms. The second kappa shape index (κ2) is 11.1. The number of carboxylic acid groups (broad SMARTS) is 1. The van der Waals surface area contributed by atoms with Crippen LogP contribution in [0, 0.1) is 5.82 Å². The Morgan fingerprint density at radius 3 is 2.61 bits per heavy atom. The molecule has 0 amide bonds. The molecule has 0 radical (unpaired) electrons. The van der Waals surface area contributed by atoms with Crippen molar-refractivity contribution >= 4 is 29.3 Å². The van der Waals surface area contributed by atoms with E-state index in [0.717, 1.165) is 22.6 Å². The molecule has 0 heterocycles. The van der Waals surface area contributed by atoms with Crippen LogP contribution < -0.4 is 9.47 Å². The van der Waals surface area contributed by atoms with Crippen molar-refractivity contribution in [3.05, 3.63) is 83.1 Å². The van der Waals surface area contributed by atoms with Crippen molar-refractivity contribution in [3.8, 4) is 17.2 Å². The van der Waals surface area contributed by atoms with Gasteiger partial charge in [0.2, 0.25) is 0 Å². The SMILES string of the molecule is C[C@@H](CCSc1cccc(CC(=O)O)c1)Oc1ccc(Cl)cc1Oc1ccc(F)cc1. The Morgan fingerprint density at radius 2 is 1.87 bits per heavy atom. The minimum Gasteiger partial charge on any atom is -0.487 e. The molecule has 0 bridgehead atoms. The van der Waals surface area contributed by atoms with Gasteiger partial charge in [-0.05, 0) is 67.4 Å². The molecule has 0 saturated carbocycles. The lowest BCUT2D eigenvalue weighted by atomic mass is 10.2. The van der Waals surface area contributed by atoms with E-state index in [2.05, 4.69) is 0 Å². The van der Waals surface area contributed by atoms with Gasteiger partial charge in [-0.25, -0.2) is 4.39 Å². The van der Waals surface area contributed by atoms with E-state index in [9.17, 15) is 9.18 Å². The number of hydrogen-bond donors (Lipinski definition) is 1. The van der Waals surface area contributed by atoms with Gasteiger partial charge >= 0.3 is 5.97 Å². The fraction of sp³-hybridized carbons (Fsp3) is 0.208. The van der Waals surface area contributed by atoms with E-state index in [-0.39, 0.29) is 18.3 Å². The second-order valence-electron chi connectivity index (χ2n) is 6.93. The molecule has 0 aliphatic heterocycles. The summed E-state index contributed by atoms with van der Waals surface area (Å²) in [5.41, 5.74) is 0.783. The maximum absolute atomic E-state index is 13.1. The summed E-state index contributed by atoms with van der Waals surface area (Å²) in [5, 5.41) is 9.44. The molecule has 4 nitrogen and oxygen atoms in total. The molecule has 0 saturated heterocycles. The molecule has 3 rings (SSSR count). The van der Waals surface area contributed by atoms with Crippen LogP contribution in [0.4, 0.5) is 4.39 Å². The summed E-state index contributed by atoms with van der Waals surface area (Å²) >= 11 is 7.76. The lowest BCUT2D eigenvalue weighted by molar-refractivity contribution is -0.136. The first-order chi connectivity index (χ1) is 14.9. The van der Waals surface area contributed by atoms with Gasteiger partial charge in [-0.3, -0.25) is 4.79 Å². The monoisotopic (exact) mass is 460 g/mol. The van der Waals surface area contributed by atoms with Gasteiger partial charge in [0.15, 0.2) is 11.5 Å². The largest absolute Gasteiger partial charge is 0.487 e. The molecule has 3 aromatic carbocycles. The topological polar surface area (TPSA) is 55.8 Å². The molecule has 3 aromatic rings. The summed E-state index contributed by atoms with van der Waals surface area (Å²) in [6.45, 7) is 1.97. The van der Waals surface area contributed by atoms with Crippen LogP contribution >= 0.6 is 23.4 Å². The predicted octanol–water partition coefficient (Wildman–Crippen LogP) is 6.85. The summed E-state index contributed by atoms with van der Waals surface area (Å²) in [5.74, 6) is 1.12. The number of benzene rings is 3. The number of thioether (sulfide) groups is 1. The highest BCUT2D eigenvalue weighted by Crippen LogP contribution is 2.35. The summed E-state index contributed by atoms with van der Waals surface area (Å²) < 4.78 is 25.0. The number of hydrogen-bond acceptors (Lipinski definition) is 4. The van der Waals surface area contributed by atoms with Crippen molar-refractivity contribution in [3.63, 3.8) is 0 Å². The number of ether oxygens (including phenoxy) is 2. The molecule has 0 aromatic heterocycles. The fourth-order valence-corrected chi connectivity index (χ4v) is 4.08. The molecule has 0 aliphatic rings. The van der Waals surface area contributed by atoms with Crippen molar-refractivity contribution < 1.29 is 23.8 Å². The van der Waals surface area contributed by atoms with Gasteiger partial charge in [0.1, 0.15) is 11.6 Å². The van der Waals surface area contributed by atoms with E-state index < -0.39 is 5.97 Å². The normalized spacial score (nSPS) is 11.7. The van der Waals surface area contributed by atoms with Gasteiger partial charge in [0.25, 0.3) is 0 Å². The van der Waals surface area contributed by atoms with Crippen molar-refractivity contribution in [2.45, 2.75) is 30.8 Å². The van der Waals surface area contributed by atoms with E-state index in [0.29, 0.717) is 22.3 Å². The van der Waals surface area contributed by atoms with Crippen LogP contribution in [0.1, 0.15) is 18.9 Å². The molecule has 0 spiro atoms. The van der Waals surface area contributed by atoms with Gasteiger partial charge in [0.05, 0.1) is 12.5 Å². The second-order valence-corrected chi connectivity index (χ2v) is 8.54. The molecule has 1 N–H and O–H groups in total. The standard InChI is InChI=1S/C24H22ClFO4S/c1-16(11-12-31-21-4-2-3-17(13-21)14-24(27)28)29-22-10-5-18(25)15-23(22)30-20-8-6-19(26)7-9-20/h2-10,13,15-16H,11-12,14H2,1H3,(H,27,28)/t16-/m0/s1. The van der Waals surface area contributed by atoms with Crippen LogP contribution in [0.3, 0.4) is 0 Å². The molecule has 0 aliphatic carbocycles. The van der Waals surface area contributed by atoms with Gasteiger partial charge in [-0.15, -0.1) is 11.8 Å². The van der Waals surface area contributed by atoms with Crippen LogP contribution in [-0.4, -0.2) is 22.9 Å². The number of rotatable bonds is 10. The quantitative estimate of drug-likeness (QED) is 0.335. The zero-order valence-electron chi connectivity index (χ0n) is 16.9. The Kier molecular flexibility index (Phi) is 8.20. The first kappa shape index (κ1) is 23.0. The minimum absolute atomic E-state index is 0.0152. The van der Waals surface area contributed by atoms with Crippen LogP contribution in [0.15, 0.2) is 71.6 Å². The molecule has 1 atom stereocenters. The predicted molar refractivity (Wildman–Crippen MR) is 121 cm³/mol. The highest BCUT2D eigenvalue weighted by Gasteiger charge is 2.12. The summed E-state index contributed by atoms with van der Waals surface area (Å²) in [6.07, 6.45) is 0.694. The van der Waals surface area contributed by atoms with E-state index >= 15 is 0 Å². The summed E-state index contributed by atoms with van der Waals surface area (Å²) in [7, 11) is 0. The first-order valence-corrected chi connectivity index (χ1v) is 11.1. The van der Waals surface area contributed by atoms with Crippen molar-refractivity contribution in [1.82, 2.24) is 0 Å². The molecule has 7 heteroatoms. The first-order valence-electron chi connectivity index (χ1n) is 9.72. The lowest BCUT2D eigenvalue weighted by Crippen LogP contribution is -2.13. The maximum atomic E-state index is 13.1. The third-order valence-electron chi connectivity index (χ3n) is 4.32. The molecule has 0 unspecified atom stereocenters. The summed E-state index contributed by atoms with van der Waals surface area (Å²) in [4.78, 5) is 11.9. The van der Waals surface area contributed by atoms with Crippen LogP contribution in [-0.2, 0) is 11.2 Å². The average Bonchev–Trinajstić information content (AvgIpc) is 2.71. The number of carbonyl (C=O) groups is 1. The molecular formula is C24H22ClFO4S. The van der Waals surface area contributed by atoms with Crippen LogP contribution in [0.2, 0.25) is 5.02 Å². The summed E-state index contributed by atoms with van der Waals surface area (Å²) in [6, 6.07) is 18.4. The Bertz CT molecular complexity index is 1030. The van der Waals surface area contributed by atoms with E-state index in [1.54, 1.807) is 42.1 Å². The highest BCUT2D eigenvalue weighted by atomic mass is 35.5. The third kappa shape index (κ3) is 7.49. The zero-order valence-corrected chi connectivity index (χ0v) is 18.5. The van der Waals surface area contributed by atoms with Crippen molar-refractivity contribution in [1.29, 1.82) is 0 Å². The Hall–Kier alpha value is -2.70. The van der Waals surface area contributed by atoms with E-state index in [1.165, 1.54) is 12.1 Å². The van der Waals surface area contributed by atoms with Gasteiger partial charge in [-0.2, -0.15) is 0 Å². The van der Waals surface area contributed by atoms with Gasteiger partial charge < -0.3 is 14.6 Å². The number of aliphatic carboxylic acids is 1. The lowest BCUT2D eigenvalue weighted by Gasteiger charge is -2.18. The van der Waals surface area contributed by atoms with E-state index in [1.807, 2.05) is 31.2 Å². The zero-order chi connectivity index (χ0) is 22.2. The molecule has 0 fully saturated rings. The van der Waals surface area contributed by atoms with Crippen molar-refractivity contribution in [2.75, 3.05) is 5.75 Å². The van der Waals surface area contributed by atoms with E-state index in [4.69, 9.17) is 26.2 Å². The maximum Gasteiger partial charge on any atom is 0.307 e. The van der Waals surface area contributed by atoms with Gasteiger partial charge in [-0.1, -0.05) is 23.7 Å². The highest BCUT2D eigenvalue weighted by molar-refractivity contribution is 7.99. The average molecular weight is 461 g/mol. The molecule has 162 valence electrons. The van der Waals surface area contributed by atoms with Crippen LogP contribution in [0.25, 0.3) is 0 Å². The Balaban J connectivity index is 1.57. The van der Waals surface area contributed by atoms with Crippen molar-refractivity contribution in [2.24, 2.45) is 0 Å². The number of carboxylic acids is 1. The molecular weight excluding hydrogens is 439 g/mol. The Labute approximate surface area is 190 Å². The van der Waals surface area contributed by atoms with Gasteiger partial charge in [0, 0.05) is 21.7 Å². The minimum atomic E-state index is -0.842. The number of halogens is 2. The fourth-order valence-electron chi connectivity index (χ4n) is 2.83. The smallest absolute Gasteiger partial charge is 0.307 e. The third-order valence-corrected chi connectivity index (χ3v) is 5.58. The Morgan fingerprint density at radius 1 is 1.10 bits per heavy atom. The van der Waals surface area contributed by atoms with Crippen LogP contribution in [0.5, 0.6) is 17.2 Å².